The largest absolute Gasteiger partial charge is 0.705 e. The van der Waals surface area contributed by atoms with E-state index in [2.05, 4.69) is 13.8 Å². The molecule has 0 spiro atoms. The molecule has 0 heterocycles. The lowest BCUT2D eigenvalue weighted by Gasteiger charge is -2.26. The molecule has 0 aromatic carbocycles. The molecule has 0 saturated carbocycles. The first-order valence-electron chi connectivity index (χ1n) is 7.25. The molecule has 7 heteroatoms. The maximum absolute atomic E-state index is 11.2. The van der Waals surface area contributed by atoms with E-state index >= 15 is 0 Å². The molecule has 0 unspecified atom stereocenters. The summed E-state index contributed by atoms with van der Waals surface area (Å²) in [7, 11) is -3.61. The molecule has 0 aliphatic rings. The Morgan fingerprint density at radius 1 is 0.810 bits per heavy atom. The minimum atomic E-state index is -3.61. The van der Waals surface area contributed by atoms with Crippen molar-refractivity contribution in [3.8, 4) is 0 Å². The molecule has 122 valence electrons. The number of rotatable bonds is 9. The van der Waals surface area contributed by atoms with Gasteiger partial charge in [-0.3, -0.25) is 14.4 Å². The smallest absolute Gasteiger partial charge is 0.455 e. The second kappa shape index (κ2) is 9.54. The molecule has 0 aliphatic carbocycles. The van der Waals surface area contributed by atoms with Crippen molar-refractivity contribution < 1.29 is 27.7 Å². The van der Waals surface area contributed by atoms with Gasteiger partial charge in [-0.1, -0.05) is 33.1 Å². The lowest BCUT2D eigenvalue weighted by atomic mass is 10.1. The minimum Gasteiger partial charge on any atom is -0.455 e. The first-order valence-corrected chi connectivity index (χ1v) is 9.19. The van der Waals surface area contributed by atoms with Gasteiger partial charge in [0.1, 0.15) is 0 Å². The zero-order valence-corrected chi connectivity index (χ0v) is 14.6. The van der Waals surface area contributed by atoms with Crippen LogP contribution in [0.1, 0.15) is 60.3 Å². The number of carbonyl (C=O) groups excluding carboxylic acids is 3. The van der Waals surface area contributed by atoms with Crippen molar-refractivity contribution in [3.05, 3.63) is 0 Å². The van der Waals surface area contributed by atoms with Crippen molar-refractivity contribution in [1.82, 2.24) is 0 Å². The molecule has 0 radical (unpaired) electrons. The average molecular weight is 318 g/mol. The van der Waals surface area contributed by atoms with Crippen LogP contribution in [0.4, 0.5) is 0 Å². The van der Waals surface area contributed by atoms with E-state index in [4.69, 9.17) is 13.3 Å². The van der Waals surface area contributed by atoms with Crippen molar-refractivity contribution in [2.24, 2.45) is 5.92 Å². The molecule has 0 amide bonds. The zero-order valence-electron chi connectivity index (χ0n) is 13.6. The average Bonchev–Trinajstić information content (AvgIpc) is 2.24. The highest BCUT2D eigenvalue weighted by Crippen LogP contribution is 2.22. The van der Waals surface area contributed by atoms with Crippen LogP contribution in [0.3, 0.4) is 0 Å². The van der Waals surface area contributed by atoms with Gasteiger partial charge in [0.15, 0.2) is 0 Å². The summed E-state index contributed by atoms with van der Waals surface area (Å²) in [6.07, 6.45) is 3.70. The van der Waals surface area contributed by atoms with Gasteiger partial charge in [0.2, 0.25) is 0 Å². The van der Waals surface area contributed by atoms with Crippen LogP contribution in [0.25, 0.3) is 0 Å². The summed E-state index contributed by atoms with van der Waals surface area (Å²) in [5.41, 5.74) is 0. The molecular formula is C14H26O6Si. The van der Waals surface area contributed by atoms with Gasteiger partial charge >= 0.3 is 8.80 Å². The van der Waals surface area contributed by atoms with Crippen molar-refractivity contribution in [1.29, 1.82) is 0 Å². The van der Waals surface area contributed by atoms with E-state index in [0.29, 0.717) is 12.3 Å². The van der Waals surface area contributed by atoms with E-state index in [0.717, 1.165) is 19.3 Å². The number of carbonyl (C=O) groups is 3. The third-order valence-electron chi connectivity index (χ3n) is 2.66. The molecule has 0 saturated heterocycles. The SMILES string of the molecule is CC(=O)O[Si](CCCCCC(C)C)(OC(C)=O)OC(C)=O. The van der Waals surface area contributed by atoms with Crippen molar-refractivity contribution in [2.75, 3.05) is 0 Å². The lowest BCUT2D eigenvalue weighted by Crippen LogP contribution is -2.49. The summed E-state index contributed by atoms with van der Waals surface area (Å²) in [4.78, 5) is 33.7. The summed E-state index contributed by atoms with van der Waals surface area (Å²) in [6.45, 7) is 7.90. The fourth-order valence-corrected chi connectivity index (χ4v) is 4.37. The summed E-state index contributed by atoms with van der Waals surface area (Å²) in [5, 5.41) is 0. The second-order valence-electron chi connectivity index (χ2n) is 5.46. The molecule has 0 N–H and O–H groups in total. The van der Waals surface area contributed by atoms with Gasteiger partial charge in [0.05, 0.1) is 6.04 Å². The molecule has 0 rings (SSSR count). The summed E-state index contributed by atoms with van der Waals surface area (Å²) in [6, 6.07) is 0.268. The van der Waals surface area contributed by atoms with E-state index < -0.39 is 26.7 Å². The number of hydrogen-bond donors (Lipinski definition) is 0. The third-order valence-corrected chi connectivity index (χ3v) is 5.42. The van der Waals surface area contributed by atoms with Gasteiger partial charge in [0.25, 0.3) is 17.9 Å². The van der Waals surface area contributed by atoms with Gasteiger partial charge in [-0.2, -0.15) is 0 Å². The number of hydrogen-bond acceptors (Lipinski definition) is 6. The fourth-order valence-electron chi connectivity index (χ4n) is 1.94. The van der Waals surface area contributed by atoms with Gasteiger partial charge in [-0.25, -0.2) is 0 Å². The van der Waals surface area contributed by atoms with Crippen LogP contribution in [-0.2, 0) is 27.7 Å². The Hall–Kier alpha value is -1.37. The Morgan fingerprint density at radius 2 is 1.24 bits per heavy atom. The molecule has 0 aromatic heterocycles. The maximum atomic E-state index is 11.2. The fraction of sp³-hybridized carbons (Fsp3) is 0.786. The van der Waals surface area contributed by atoms with Crippen LogP contribution < -0.4 is 0 Å². The summed E-state index contributed by atoms with van der Waals surface area (Å²) in [5.74, 6) is -1.23. The van der Waals surface area contributed by atoms with Gasteiger partial charge in [-0.15, -0.1) is 0 Å². The van der Waals surface area contributed by atoms with E-state index in [1.54, 1.807) is 0 Å². The normalized spacial score (nSPS) is 11.1. The molecular weight excluding hydrogens is 292 g/mol. The van der Waals surface area contributed by atoms with Crippen LogP contribution in [0, 0.1) is 5.92 Å². The molecule has 0 bridgehead atoms. The molecule has 0 atom stereocenters. The molecule has 21 heavy (non-hydrogen) atoms. The first kappa shape index (κ1) is 19.6. The maximum Gasteiger partial charge on any atom is 0.705 e. The lowest BCUT2D eigenvalue weighted by molar-refractivity contribution is -0.147. The van der Waals surface area contributed by atoms with Crippen LogP contribution in [0.5, 0.6) is 0 Å². The van der Waals surface area contributed by atoms with Gasteiger partial charge in [-0.05, 0) is 12.3 Å². The predicted molar refractivity (Wildman–Crippen MR) is 79.2 cm³/mol. The zero-order chi connectivity index (χ0) is 16.5. The third kappa shape index (κ3) is 10.1. The van der Waals surface area contributed by atoms with E-state index in [-0.39, 0.29) is 6.04 Å². The monoisotopic (exact) mass is 318 g/mol. The Bertz CT molecular complexity index is 326. The highest BCUT2D eigenvalue weighted by Gasteiger charge is 2.51. The van der Waals surface area contributed by atoms with Crippen LogP contribution in [-0.4, -0.2) is 26.7 Å². The van der Waals surface area contributed by atoms with Crippen LogP contribution in [0.2, 0.25) is 6.04 Å². The van der Waals surface area contributed by atoms with E-state index in [1.165, 1.54) is 20.8 Å². The summed E-state index contributed by atoms with van der Waals surface area (Å²) >= 11 is 0. The Morgan fingerprint density at radius 3 is 1.57 bits per heavy atom. The molecule has 0 aliphatic heterocycles. The Labute approximate surface area is 127 Å². The standard InChI is InChI=1S/C14H26O6Si/c1-11(2)9-7-6-8-10-21(18-12(3)15,19-13(4)16)20-14(5)17/h11H,6-10H2,1-5H3. The van der Waals surface area contributed by atoms with Gasteiger partial charge in [0, 0.05) is 20.8 Å². The topological polar surface area (TPSA) is 78.9 Å². The van der Waals surface area contributed by atoms with Crippen molar-refractivity contribution in [3.63, 3.8) is 0 Å². The van der Waals surface area contributed by atoms with Crippen molar-refractivity contribution in [2.45, 2.75) is 66.3 Å². The molecule has 0 aromatic rings. The molecule has 6 nitrogen and oxygen atoms in total. The first-order chi connectivity index (χ1) is 9.67. The quantitative estimate of drug-likeness (QED) is 0.480. The van der Waals surface area contributed by atoms with E-state index in [9.17, 15) is 14.4 Å². The van der Waals surface area contributed by atoms with Crippen molar-refractivity contribution >= 4 is 26.7 Å². The minimum absolute atomic E-state index is 0.268. The predicted octanol–water partition coefficient (Wildman–Crippen LogP) is 2.83. The highest BCUT2D eigenvalue weighted by molar-refractivity contribution is 6.65. The van der Waals surface area contributed by atoms with Gasteiger partial charge < -0.3 is 13.3 Å². The Balaban J connectivity index is 4.69. The highest BCUT2D eigenvalue weighted by atomic mass is 28.4. The Kier molecular flexibility index (Phi) is 8.92. The second-order valence-corrected chi connectivity index (χ2v) is 7.94. The molecule has 0 fully saturated rings. The van der Waals surface area contributed by atoms with Crippen LogP contribution in [0.15, 0.2) is 0 Å². The summed E-state index contributed by atoms with van der Waals surface area (Å²) < 4.78 is 15.3. The number of unbranched alkanes of at least 4 members (excludes halogenated alkanes) is 2. The van der Waals surface area contributed by atoms with E-state index in [1.807, 2.05) is 0 Å². The van der Waals surface area contributed by atoms with Crippen LogP contribution >= 0.6 is 0 Å².